The first-order chi connectivity index (χ1) is 13.2. The summed E-state index contributed by atoms with van der Waals surface area (Å²) in [5.41, 5.74) is 2.66. The van der Waals surface area contributed by atoms with Gasteiger partial charge in [-0.2, -0.15) is 0 Å². The molecule has 1 saturated carbocycles. The van der Waals surface area contributed by atoms with Crippen molar-refractivity contribution in [2.75, 3.05) is 11.8 Å². The second-order valence-electron chi connectivity index (χ2n) is 7.42. The predicted octanol–water partition coefficient (Wildman–Crippen LogP) is 4.77. The SMILES string of the molecule is Cc1ccc(NS(=O)(=O)c2cc(C(=O)N(C)C3CCCC3)ccc2Cl)c(C)c1. The van der Waals surface area contributed by atoms with Gasteiger partial charge in [0.05, 0.1) is 10.7 Å². The number of nitrogens with zero attached hydrogens (tertiary/aromatic N) is 1. The molecular weight excluding hydrogens is 396 g/mol. The molecule has 0 unspecified atom stereocenters. The van der Waals surface area contributed by atoms with Crippen LogP contribution >= 0.6 is 11.6 Å². The molecule has 1 N–H and O–H groups in total. The Kier molecular flexibility index (Phi) is 6.01. The average molecular weight is 421 g/mol. The fraction of sp³-hybridized carbons (Fsp3) is 0.381. The van der Waals surface area contributed by atoms with Gasteiger partial charge in [-0.05, 0) is 56.5 Å². The monoisotopic (exact) mass is 420 g/mol. The summed E-state index contributed by atoms with van der Waals surface area (Å²) in [6.07, 6.45) is 4.19. The number of rotatable bonds is 5. The molecule has 0 aromatic heterocycles. The van der Waals surface area contributed by atoms with Crippen molar-refractivity contribution in [3.8, 4) is 0 Å². The molecule has 0 atom stereocenters. The number of anilines is 1. The summed E-state index contributed by atoms with van der Waals surface area (Å²) >= 11 is 6.18. The van der Waals surface area contributed by atoms with Gasteiger partial charge >= 0.3 is 0 Å². The summed E-state index contributed by atoms with van der Waals surface area (Å²) in [5.74, 6) is -0.188. The van der Waals surface area contributed by atoms with E-state index in [1.54, 1.807) is 24.1 Å². The van der Waals surface area contributed by atoms with Crippen LogP contribution in [0, 0.1) is 13.8 Å². The Balaban J connectivity index is 1.90. The van der Waals surface area contributed by atoms with Crippen LogP contribution in [0.5, 0.6) is 0 Å². The van der Waals surface area contributed by atoms with Crippen molar-refractivity contribution in [3.05, 3.63) is 58.1 Å². The van der Waals surface area contributed by atoms with Gasteiger partial charge in [0, 0.05) is 18.7 Å². The molecule has 1 fully saturated rings. The molecular formula is C21H25ClN2O3S. The van der Waals surface area contributed by atoms with E-state index in [0.717, 1.165) is 36.8 Å². The molecule has 28 heavy (non-hydrogen) atoms. The lowest BCUT2D eigenvalue weighted by molar-refractivity contribution is 0.0735. The molecule has 1 aliphatic rings. The number of benzene rings is 2. The molecule has 0 radical (unpaired) electrons. The Morgan fingerprint density at radius 3 is 2.43 bits per heavy atom. The lowest BCUT2D eigenvalue weighted by atomic mass is 10.1. The van der Waals surface area contributed by atoms with E-state index in [2.05, 4.69) is 4.72 Å². The molecule has 2 aromatic carbocycles. The molecule has 0 bridgehead atoms. The second-order valence-corrected chi connectivity index (χ2v) is 9.48. The molecule has 0 aliphatic heterocycles. The van der Waals surface area contributed by atoms with Crippen LogP contribution in [0.15, 0.2) is 41.3 Å². The topological polar surface area (TPSA) is 66.5 Å². The van der Waals surface area contributed by atoms with Crippen molar-refractivity contribution in [1.29, 1.82) is 0 Å². The zero-order chi connectivity index (χ0) is 20.5. The highest BCUT2D eigenvalue weighted by Gasteiger charge is 2.26. The van der Waals surface area contributed by atoms with Gasteiger partial charge in [0.15, 0.2) is 0 Å². The number of carbonyl (C=O) groups excluding carboxylic acids is 1. The fourth-order valence-corrected chi connectivity index (χ4v) is 5.29. The van der Waals surface area contributed by atoms with Crippen molar-refractivity contribution in [3.63, 3.8) is 0 Å². The highest BCUT2D eigenvalue weighted by atomic mass is 35.5. The summed E-state index contributed by atoms with van der Waals surface area (Å²) in [6.45, 7) is 3.78. The maximum Gasteiger partial charge on any atom is 0.263 e. The lowest BCUT2D eigenvalue weighted by Gasteiger charge is -2.24. The van der Waals surface area contributed by atoms with Crippen molar-refractivity contribution in [1.82, 2.24) is 4.90 Å². The van der Waals surface area contributed by atoms with Crippen LogP contribution < -0.4 is 4.72 Å². The quantitative estimate of drug-likeness (QED) is 0.757. The van der Waals surface area contributed by atoms with Gasteiger partial charge in [-0.3, -0.25) is 9.52 Å². The third-order valence-corrected chi connectivity index (χ3v) is 7.13. The van der Waals surface area contributed by atoms with Gasteiger partial charge in [0.1, 0.15) is 4.90 Å². The third-order valence-electron chi connectivity index (χ3n) is 5.29. The number of amides is 1. The highest BCUT2D eigenvalue weighted by Crippen LogP contribution is 2.28. The van der Waals surface area contributed by atoms with E-state index in [1.807, 2.05) is 26.0 Å². The molecule has 1 aliphatic carbocycles. The van der Waals surface area contributed by atoms with E-state index in [1.165, 1.54) is 12.1 Å². The second kappa shape index (κ2) is 8.13. The first kappa shape index (κ1) is 20.7. The normalized spacial score (nSPS) is 14.9. The number of nitrogens with one attached hydrogen (secondary N) is 1. The zero-order valence-corrected chi connectivity index (χ0v) is 17.9. The van der Waals surface area contributed by atoms with Crippen molar-refractivity contribution >= 4 is 33.2 Å². The number of hydrogen-bond acceptors (Lipinski definition) is 3. The number of hydrogen-bond donors (Lipinski definition) is 1. The molecule has 3 rings (SSSR count). The van der Waals surface area contributed by atoms with E-state index in [4.69, 9.17) is 11.6 Å². The predicted molar refractivity (Wildman–Crippen MR) is 113 cm³/mol. The Hall–Kier alpha value is -2.05. The first-order valence-corrected chi connectivity index (χ1v) is 11.2. The summed E-state index contributed by atoms with van der Waals surface area (Å²) in [7, 11) is -2.16. The molecule has 0 saturated heterocycles. The van der Waals surface area contributed by atoms with Crippen LogP contribution in [0.1, 0.15) is 47.2 Å². The molecule has 0 heterocycles. The minimum atomic E-state index is -3.93. The van der Waals surface area contributed by atoms with E-state index in [-0.39, 0.29) is 21.9 Å². The van der Waals surface area contributed by atoms with Crippen molar-refractivity contribution < 1.29 is 13.2 Å². The van der Waals surface area contributed by atoms with Crippen LogP contribution in [0.3, 0.4) is 0 Å². The molecule has 7 heteroatoms. The summed E-state index contributed by atoms with van der Waals surface area (Å²) < 4.78 is 28.5. The fourth-order valence-electron chi connectivity index (χ4n) is 3.63. The Morgan fingerprint density at radius 2 is 1.79 bits per heavy atom. The highest BCUT2D eigenvalue weighted by molar-refractivity contribution is 7.92. The first-order valence-electron chi connectivity index (χ1n) is 9.36. The molecule has 5 nitrogen and oxygen atoms in total. The van der Waals surface area contributed by atoms with Gasteiger partial charge in [-0.1, -0.05) is 42.1 Å². The van der Waals surface area contributed by atoms with Crippen LogP contribution in [-0.2, 0) is 10.0 Å². The lowest BCUT2D eigenvalue weighted by Crippen LogP contribution is -2.35. The van der Waals surface area contributed by atoms with Crippen LogP contribution in [0.4, 0.5) is 5.69 Å². The molecule has 1 amide bonds. The largest absolute Gasteiger partial charge is 0.339 e. The standard InChI is InChI=1S/C21H25ClN2O3S/c1-14-8-11-19(15(2)12-14)23-28(26,27)20-13-16(9-10-18(20)22)21(25)24(3)17-6-4-5-7-17/h8-13,17,23H,4-7H2,1-3H3. The molecule has 150 valence electrons. The summed E-state index contributed by atoms with van der Waals surface area (Å²) in [6, 6.07) is 10.1. The van der Waals surface area contributed by atoms with Gasteiger partial charge < -0.3 is 4.90 Å². The minimum Gasteiger partial charge on any atom is -0.339 e. The van der Waals surface area contributed by atoms with Gasteiger partial charge in [0.2, 0.25) is 0 Å². The number of aryl methyl sites for hydroxylation is 2. The maximum atomic E-state index is 12.9. The number of carbonyl (C=O) groups is 1. The van der Waals surface area contributed by atoms with E-state index >= 15 is 0 Å². The van der Waals surface area contributed by atoms with Crippen molar-refractivity contribution in [2.45, 2.75) is 50.5 Å². The van der Waals surface area contributed by atoms with Crippen LogP contribution in [0.2, 0.25) is 5.02 Å². The number of sulfonamides is 1. The summed E-state index contributed by atoms with van der Waals surface area (Å²) in [5, 5.41) is 0.0809. The average Bonchev–Trinajstić information content (AvgIpc) is 3.18. The Bertz CT molecular complexity index is 999. The third kappa shape index (κ3) is 4.33. The van der Waals surface area contributed by atoms with Crippen molar-refractivity contribution in [2.24, 2.45) is 0 Å². The van der Waals surface area contributed by atoms with E-state index in [0.29, 0.717) is 11.3 Å². The van der Waals surface area contributed by atoms with Crippen LogP contribution in [0.25, 0.3) is 0 Å². The van der Waals surface area contributed by atoms with Gasteiger partial charge in [0.25, 0.3) is 15.9 Å². The molecule has 0 spiro atoms. The molecule has 2 aromatic rings. The van der Waals surface area contributed by atoms with E-state index in [9.17, 15) is 13.2 Å². The maximum absolute atomic E-state index is 12.9. The van der Waals surface area contributed by atoms with Crippen LogP contribution in [-0.4, -0.2) is 32.3 Å². The number of halogens is 1. The Morgan fingerprint density at radius 1 is 1.11 bits per heavy atom. The smallest absolute Gasteiger partial charge is 0.263 e. The Labute approximate surface area is 171 Å². The van der Waals surface area contributed by atoms with Gasteiger partial charge in [-0.15, -0.1) is 0 Å². The van der Waals surface area contributed by atoms with Gasteiger partial charge in [-0.25, -0.2) is 8.42 Å². The minimum absolute atomic E-state index is 0.0809. The summed E-state index contributed by atoms with van der Waals surface area (Å²) in [4.78, 5) is 14.5. The zero-order valence-electron chi connectivity index (χ0n) is 16.3. The van der Waals surface area contributed by atoms with E-state index < -0.39 is 10.0 Å².